The van der Waals surface area contributed by atoms with Gasteiger partial charge in [-0.15, -0.1) is 0 Å². The molecule has 0 heterocycles. The molecule has 3 N–H and O–H groups in total. The second kappa shape index (κ2) is 68.0. The van der Waals surface area contributed by atoms with E-state index in [2.05, 4.69) is 101 Å². The van der Waals surface area contributed by atoms with E-state index in [1.165, 1.54) is 116 Å². The van der Waals surface area contributed by atoms with Crippen LogP contribution in [0.25, 0.3) is 0 Å². The zero-order chi connectivity index (χ0) is 69.0. The Hall–Kier alpha value is -3.50. The van der Waals surface area contributed by atoms with E-state index in [-0.39, 0.29) is 25.7 Å². The van der Waals surface area contributed by atoms with Gasteiger partial charge in [-0.25, -0.2) is 9.13 Å². The first-order valence-corrected chi connectivity index (χ1v) is 40.2. The quantitative estimate of drug-likeness (QED) is 0.0169. The van der Waals surface area contributed by atoms with Gasteiger partial charge in [-0.1, -0.05) is 274 Å². The van der Waals surface area contributed by atoms with Crippen molar-refractivity contribution in [3.63, 3.8) is 0 Å². The van der Waals surface area contributed by atoms with Crippen molar-refractivity contribution in [2.75, 3.05) is 39.6 Å². The number of hydrogen-bond donors (Lipinski definition) is 3. The lowest BCUT2D eigenvalue weighted by Gasteiger charge is -2.21. The monoisotopic (exact) mass is 1370 g/mol. The van der Waals surface area contributed by atoms with Gasteiger partial charge in [0.1, 0.15) is 19.3 Å². The molecular weight excluding hydrogens is 1230 g/mol. The van der Waals surface area contributed by atoms with E-state index >= 15 is 0 Å². The van der Waals surface area contributed by atoms with Crippen molar-refractivity contribution in [3.05, 3.63) is 72.9 Å². The number of hydrogen-bond acceptors (Lipinski definition) is 15. The molecule has 0 aromatic carbocycles. The Labute approximate surface area is 571 Å². The molecule has 0 aromatic heterocycles. The van der Waals surface area contributed by atoms with E-state index < -0.39 is 97.5 Å². The minimum Gasteiger partial charge on any atom is -0.462 e. The van der Waals surface area contributed by atoms with Gasteiger partial charge in [0.05, 0.1) is 26.4 Å². The fraction of sp³-hybridized carbons (Fsp3) is 0.787. The second-order valence-electron chi connectivity index (χ2n) is 24.9. The normalized spacial score (nSPS) is 14.4. The van der Waals surface area contributed by atoms with Gasteiger partial charge in [-0.2, -0.15) is 0 Å². The Morgan fingerprint density at radius 1 is 0.309 bits per heavy atom. The molecule has 546 valence electrons. The Morgan fingerprint density at radius 3 is 0.894 bits per heavy atom. The van der Waals surface area contributed by atoms with Crippen LogP contribution in [0.1, 0.15) is 323 Å². The average Bonchev–Trinajstić information content (AvgIpc) is 1.36. The lowest BCUT2D eigenvalue weighted by molar-refractivity contribution is -0.161. The summed E-state index contributed by atoms with van der Waals surface area (Å²) in [5.74, 6) is -2.21. The van der Waals surface area contributed by atoms with Crippen LogP contribution in [-0.4, -0.2) is 96.7 Å². The number of rotatable bonds is 70. The first kappa shape index (κ1) is 90.5. The maximum absolute atomic E-state index is 13.0. The topological polar surface area (TPSA) is 237 Å². The van der Waals surface area contributed by atoms with Crippen LogP contribution in [0.4, 0.5) is 0 Å². The van der Waals surface area contributed by atoms with Gasteiger partial charge in [0.2, 0.25) is 0 Å². The van der Waals surface area contributed by atoms with Gasteiger partial charge in [-0.05, 0) is 96.3 Å². The summed E-state index contributed by atoms with van der Waals surface area (Å²) in [6, 6.07) is 0. The van der Waals surface area contributed by atoms with Crippen LogP contribution in [0.15, 0.2) is 72.9 Å². The largest absolute Gasteiger partial charge is 0.472 e. The van der Waals surface area contributed by atoms with Crippen molar-refractivity contribution in [1.82, 2.24) is 0 Å². The zero-order valence-electron chi connectivity index (χ0n) is 59.4. The second-order valence-corrected chi connectivity index (χ2v) is 27.8. The number of esters is 4. The molecule has 0 aromatic rings. The summed E-state index contributed by atoms with van der Waals surface area (Å²) in [6.07, 6.45) is 66.2. The Morgan fingerprint density at radius 2 is 0.553 bits per heavy atom. The molecule has 0 spiro atoms. The summed E-state index contributed by atoms with van der Waals surface area (Å²) in [6.45, 7) is 4.69. The molecule has 5 atom stereocenters. The molecule has 17 nitrogen and oxygen atoms in total. The predicted octanol–water partition coefficient (Wildman–Crippen LogP) is 20.9. The van der Waals surface area contributed by atoms with Crippen LogP contribution in [0.2, 0.25) is 0 Å². The molecule has 94 heavy (non-hydrogen) atoms. The van der Waals surface area contributed by atoms with Crippen molar-refractivity contribution < 1.29 is 80.2 Å². The third-order valence-electron chi connectivity index (χ3n) is 15.7. The number of aliphatic hydroxyl groups is 1. The van der Waals surface area contributed by atoms with Crippen molar-refractivity contribution in [2.45, 2.75) is 341 Å². The van der Waals surface area contributed by atoms with Gasteiger partial charge >= 0.3 is 39.5 Å². The van der Waals surface area contributed by atoms with Crippen LogP contribution in [0.5, 0.6) is 0 Å². The fourth-order valence-electron chi connectivity index (χ4n) is 10.0. The highest BCUT2D eigenvalue weighted by atomic mass is 31.2. The molecule has 0 aliphatic rings. The maximum atomic E-state index is 13.0. The van der Waals surface area contributed by atoms with E-state index in [0.717, 1.165) is 128 Å². The third kappa shape index (κ3) is 67.1. The van der Waals surface area contributed by atoms with E-state index in [1.807, 2.05) is 0 Å². The number of allylic oxidation sites excluding steroid dienone is 12. The minimum absolute atomic E-state index is 0.0719. The van der Waals surface area contributed by atoms with Crippen LogP contribution >= 0.6 is 15.6 Å². The van der Waals surface area contributed by atoms with E-state index in [0.29, 0.717) is 25.7 Å². The Bertz CT molecular complexity index is 2070. The summed E-state index contributed by atoms with van der Waals surface area (Å²) in [5.41, 5.74) is 0. The van der Waals surface area contributed by atoms with Gasteiger partial charge < -0.3 is 33.8 Å². The van der Waals surface area contributed by atoms with Crippen LogP contribution in [-0.2, 0) is 65.4 Å². The maximum Gasteiger partial charge on any atom is 0.472 e. The minimum atomic E-state index is -4.98. The zero-order valence-corrected chi connectivity index (χ0v) is 61.2. The number of unbranched alkanes of at least 4 members (excludes halogenated alkanes) is 32. The average molecular weight is 1370 g/mol. The SMILES string of the molecule is CC/C=C\C/C=C\C/C=C\C/C=C\CCCCC(=O)OCC(COP(=O)(O)OCC(O)COP(=O)(O)OCC(COC(=O)CCCCCCCCCCCCCCC)OC(=O)CCCCCCCCCCCCC)OC(=O)CCCCCCC/C=C\C/C=C\CCCCC. The van der Waals surface area contributed by atoms with E-state index in [4.69, 9.17) is 37.0 Å². The summed E-state index contributed by atoms with van der Waals surface area (Å²) in [7, 11) is -9.94. The summed E-state index contributed by atoms with van der Waals surface area (Å²) in [5, 5.41) is 10.6. The molecule has 0 fully saturated rings. The van der Waals surface area contributed by atoms with Crippen molar-refractivity contribution >= 4 is 39.5 Å². The first-order chi connectivity index (χ1) is 45.7. The van der Waals surface area contributed by atoms with Gasteiger partial charge in [0.25, 0.3) is 0 Å². The van der Waals surface area contributed by atoms with Crippen LogP contribution in [0.3, 0.4) is 0 Å². The highest BCUT2D eigenvalue weighted by Gasteiger charge is 2.30. The van der Waals surface area contributed by atoms with E-state index in [1.54, 1.807) is 0 Å². The van der Waals surface area contributed by atoms with E-state index in [9.17, 15) is 43.2 Å². The molecule has 0 amide bonds. The molecule has 19 heteroatoms. The van der Waals surface area contributed by atoms with Crippen molar-refractivity contribution in [1.29, 1.82) is 0 Å². The molecule has 0 aliphatic carbocycles. The molecule has 0 aliphatic heterocycles. The van der Waals surface area contributed by atoms with Gasteiger partial charge in [0, 0.05) is 25.7 Å². The number of aliphatic hydroxyl groups excluding tert-OH is 1. The summed E-state index contributed by atoms with van der Waals surface area (Å²) in [4.78, 5) is 72.7. The fourth-order valence-corrected chi connectivity index (χ4v) is 11.6. The molecule has 0 saturated carbocycles. The number of phosphoric acid groups is 2. The molecule has 0 rings (SSSR count). The highest BCUT2D eigenvalue weighted by Crippen LogP contribution is 2.45. The van der Waals surface area contributed by atoms with Crippen LogP contribution < -0.4 is 0 Å². The number of carbonyl (C=O) groups excluding carboxylic acids is 4. The smallest absolute Gasteiger partial charge is 0.462 e. The standard InChI is InChI=1S/C75H134O17P2/c1-5-9-13-17-21-25-29-32-34-37-41-44-48-52-56-60-73(78)86-66-71(92-75(80)62-58-54-50-46-42-38-35-33-30-26-22-18-14-10-6-2)68-90-94(83,84)88-64-69(76)63-87-93(81,82)89-67-70(91-74(79)61-57-53-49-45-39-28-24-20-16-12-8-4)65-85-72(77)59-55-51-47-43-40-36-31-27-23-19-15-11-7-3/h9,13,21-22,25-26,32-35,41,44,69-71,76H,5-8,10-12,14-20,23-24,27-31,36-40,42-43,45-68H2,1-4H3,(H,81,82)(H,83,84)/b13-9-,25-21-,26-22-,34-32-,35-33-,44-41-. The summed E-state index contributed by atoms with van der Waals surface area (Å²) < 4.78 is 68.3. The summed E-state index contributed by atoms with van der Waals surface area (Å²) >= 11 is 0. The first-order valence-electron chi connectivity index (χ1n) is 37.2. The lowest BCUT2D eigenvalue weighted by Crippen LogP contribution is -2.30. The predicted molar refractivity (Wildman–Crippen MR) is 381 cm³/mol. The molecule has 0 saturated heterocycles. The molecular formula is C75H134O17P2. The third-order valence-corrected chi connectivity index (χ3v) is 17.6. The molecule has 0 bridgehead atoms. The van der Waals surface area contributed by atoms with Gasteiger partial charge in [-0.3, -0.25) is 37.3 Å². The van der Waals surface area contributed by atoms with Crippen LogP contribution in [0, 0.1) is 0 Å². The number of ether oxygens (including phenoxy) is 4. The van der Waals surface area contributed by atoms with Crippen molar-refractivity contribution in [3.8, 4) is 0 Å². The van der Waals surface area contributed by atoms with Crippen molar-refractivity contribution in [2.24, 2.45) is 0 Å². The highest BCUT2D eigenvalue weighted by molar-refractivity contribution is 7.47. The molecule has 5 unspecified atom stereocenters. The Kier molecular flexibility index (Phi) is 65.5. The number of phosphoric ester groups is 2. The van der Waals surface area contributed by atoms with Gasteiger partial charge in [0.15, 0.2) is 12.2 Å². The lowest BCUT2D eigenvalue weighted by atomic mass is 10.0. The Balaban J connectivity index is 5.35. The number of carbonyl (C=O) groups is 4. The molecule has 0 radical (unpaired) electrons.